The summed E-state index contributed by atoms with van der Waals surface area (Å²) in [5.41, 5.74) is 1.44. The van der Waals surface area contributed by atoms with Crippen LogP contribution in [0.1, 0.15) is 23.8 Å². The average Bonchev–Trinajstić information content (AvgIpc) is 2.75. The minimum absolute atomic E-state index is 0.144. The molecule has 2 aromatic heterocycles. The third-order valence-corrected chi connectivity index (χ3v) is 5.03. The topological polar surface area (TPSA) is 49.2 Å². The Labute approximate surface area is 117 Å². The first-order chi connectivity index (χ1) is 9.20. The van der Waals surface area contributed by atoms with Gasteiger partial charge in [-0.05, 0) is 30.7 Å². The zero-order valence-electron chi connectivity index (χ0n) is 11.4. The van der Waals surface area contributed by atoms with E-state index in [1.165, 1.54) is 28.7 Å². The Balaban J connectivity index is 2.13. The summed E-state index contributed by atoms with van der Waals surface area (Å²) in [7, 11) is 1.98. The number of likely N-dealkylation sites (N-methyl/N-ethyl adjacent to an activating group) is 1. The van der Waals surface area contributed by atoms with E-state index in [4.69, 9.17) is 5.11 Å². The van der Waals surface area contributed by atoms with Gasteiger partial charge >= 0.3 is 0 Å². The second kappa shape index (κ2) is 5.06. The van der Waals surface area contributed by atoms with Gasteiger partial charge in [-0.3, -0.25) is 0 Å². The molecule has 1 N–H and O–H groups in total. The van der Waals surface area contributed by atoms with Crippen LogP contribution >= 0.6 is 11.3 Å². The number of aryl methyl sites for hydroxylation is 1. The fourth-order valence-corrected chi connectivity index (χ4v) is 4.15. The summed E-state index contributed by atoms with van der Waals surface area (Å²) in [6, 6.07) is 0. The van der Waals surface area contributed by atoms with Crippen molar-refractivity contribution >= 4 is 27.4 Å². The third-order valence-electron chi connectivity index (χ3n) is 3.87. The van der Waals surface area contributed by atoms with E-state index in [0.29, 0.717) is 6.54 Å². The summed E-state index contributed by atoms with van der Waals surface area (Å²) in [5.74, 6) is 1.73. The molecular weight excluding hydrogens is 258 g/mol. The molecule has 0 saturated heterocycles. The number of hydrogen-bond donors (Lipinski definition) is 1. The van der Waals surface area contributed by atoms with Crippen LogP contribution in [0, 0.1) is 5.92 Å². The van der Waals surface area contributed by atoms with E-state index < -0.39 is 0 Å². The zero-order valence-corrected chi connectivity index (χ0v) is 12.2. The van der Waals surface area contributed by atoms with Crippen LogP contribution in [0.2, 0.25) is 0 Å². The highest BCUT2D eigenvalue weighted by atomic mass is 32.1. The van der Waals surface area contributed by atoms with Gasteiger partial charge in [-0.1, -0.05) is 6.92 Å². The van der Waals surface area contributed by atoms with Gasteiger partial charge in [0, 0.05) is 18.5 Å². The quantitative estimate of drug-likeness (QED) is 0.935. The first kappa shape index (κ1) is 12.8. The first-order valence-electron chi connectivity index (χ1n) is 6.78. The van der Waals surface area contributed by atoms with E-state index in [-0.39, 0.29) is 6.61 Å². The van der Waals surface area contributed by atoms with E-state index in [0.717, 1.165) is 23.0 Å². The number of hydrogen-bond acceptors (Lipinski definition) is 5. The van der Waals surface area contributed by atoms with Crippen LogP contribution in [-0.4, -0.2) is 35.3 Å². The van der Waals surface area contributed by atoms with Gasteiger partial charge in [0.25, 0.3) is 0 Å². The zero-order chi connectivity index (χ0) is 13.4. The van der Waals surface area contributed by atoms with Crippen molar-refractivity contribution < 1.29 is 5.11 Å². The SMILES string of the molecule is CC1CCc2c(sc3ncnc(N(C)CCO)c23)C1. The summed E-state index contributed by atoms with van der Waals surface area (Å²) >= 11 is 1.81. The van der Waals surface area contributed by atoms with Gasteiger partial charge in [0.05, 0.1) is 12.0 Å². The standard InChI is InChI=1S/C14H19N3OS/c1-9-3-4-10-11(7-9)19-14-12(10)13(15-8-16-14)17(2)5-6-18/h8-9,18H,3-7H2,1-2H3. The van der Waals surface area contributed by atoms with Gasteiger partial charge in [-0.25, -0.2) is 9.97 Å². The summed E-state index contributed by atoms with van der Waals surface area (Å²) in [6.45, 7) is 3.07. The molecule has 0 bridgehead atoms. The highest BCUT2D eigenvalue weighted by Crippen LogP contribution is 2.40. The maximum Gasteiger partial charge on any atom is 0.140 e. The van der Waals surface area contributed by atoms with Crippen molar-refractivity contribution in [3.63, 3.8) is 0 Å². The van der Waals surface area contributed by atoms with Gasteiger partial charge in [0.1, 0.15) is 17.0 Å². The van der Waals surface area contributed by atoms with E-state index >= 15 is 0 Å². The van der Waals surface area contributed by atoms with E-state index in [9.17, 15) is 0 Å². The number of anilines is 1. The molecule has 1 aliphatic carbocycles. The lowest BCUT2D eigenvalue weighted by molar-refractivity contribution is 0.304. The van der Waals surface area contributed by atoms with Crippen LogP contribution in [0.4, 0.5) is 5.82 Å². The lowest BCUT2D eigenvalue weighted by atomic mass is 9.89. The third kappa shape index (κ3) is 2.21. The van der Waals surface area contributed by atoms with Crippen LogP contribution < -0.4 is 4.90 Å². The fraction of sp³-hybridized carbons (Fsp3) is 0.571. The van der Waals surface area contributed by atoms with Crippen LogP contribution in [0.25, 0.3) is 10.2 Å². The van der Waals surface area contributed by atoms with Crippen molar-refractivity contribution in [2.75, 3.05) is 25.1 Å². The number of aliphatic hydroxyl groups is 1. The molecule has 0 amide bonds. The molecule has 0 fully saturated rings. The van der Waals surface area contributed by atoms with E-state index in [1.807, 2.05) is 23.3 Å². The Morgan fingerprint density at radius 1 is 1.47 bits per heavy atom. The maximum atomic E-state index is 9.11. The van der Waals surface area contributed by atoms with Crippen molar-refractivity contribution in [1.29, 1.82) is 0 Å². The molecule has 1 atom stereocenters. The van der Waals surface area contributed by atoms with Gasteiger partial charge in [-0.15, -0.1) is 11.3 Å². The maximum absolute atomic E-state index is 9.11. The molecule has 0 aromatic carbocycles. The minimum Gasteiger partial charge on any atom is -0.395 e. The molecule has 102 valence electrons. The summed E-state index contributed by atoms with van der Waals surface area (Å²) < 4.78 is 0. The predicted octanol–water partition coefficient (Wildman–Crippen LogP) is 2.24. The first-order valence-corrected chi connectivity index (χ1v) is 7.59. The number of rotatable bonds is 3. The monoisotopic (exact) mass is 277 g/mol. The molecule has 5 heteroatoms. The van der Waals surface area contributed by atoms with Crippen LogP contribution in [-0.2, 0) is 12.8 Å². The Kier molecular flexibility index (Phi) is 3.41. The number of fused-ring (bicyclic) bond motifs is 3. The molecular formula is C14H19N3OS. The largest absolute Gasteiger partial charge is 0.395 e. The normalized spacial score (nSPS) is 18.6. The van der Waals surface area contributed by atoms with Gasteiger partial charge in [0.15, 0.2) is 0 Å². The number of thiophene rings is 1. The molecule has 1 aliphatic rings. The van der Waals surface area contributed by atoms with Gasteiger partial charge in [-0.2, -0.15) is 0 Å². The highest BCUT2D eigenvalue weighted by Gasteiger charge is 2.23. The molecule has 2 heterocycles. The smallest absolute Gasteiger partial charge is 0.140 e. The minimum atomic E-state index is 0.144. The molecule has 1 unspecified atom stereocenters. The predicted molar refractivity (Wildman–Crippen MR) is 79.0 cm³/mol. The molecule has 0 spiro atoms. The van der Waals surface area contributed by atoms with Crippen molar-refractivity contribution in [1.82, 2.24) is 9.97 Å². The van der Waals surface area contributed by atoms with Gasteiger partial charge in [0.2, 0.25) is 0 Å². The molecule has 0 aliphatic heterocycles. The van der Waals surface area contributed by atoms with Crippen LogP contribution in [0.15, 0.2) is 6.33 Å². The molecule has 4 nitrogen and oxygen atoms in total. The van der Waals surface area contributed by atoms with E-state index in [1.54, 1.807) is 6.33 Å². The second-order valence-electron chi connectivity index (χ2n) is 5.37. The van der Waals surface area contributed by atoms with Crippen LogP contribution in [0.5, 0.6) is 0 Å². The van der Waals surface area contributed by atoms with Crippen molar-refractivity contribution in [2.24, 2.45) is 5.92 Å². The molecule has 19 heavy (non-hydrogen) atoms. The number of aromatic nitrogens is 2. The van der Waals surface area contributed by atoms with Crippen molar-refractivity contribution in [3.8, 4) is 0 Å². The Hall–Kier alpha value is -1.20. The summed E-state index contributed by atoms with van der Waals surface area (Å²) in [6.07, 6.45) is 5.18. The Morgan fingerprint density at radius 2 is 2.32 bits per heavy atom. The van der Waals surface area contributed by atoms with E-state index in [2.05, 4.69) is 16.9 Å². The number of aliphatic hydroxyl groups excluding tert-OH is 1. The molecule has 3 rings (SSSR count). The Bertz CT molecular complexity index is 596. The second-order valence-corrected chi connectivity index (χ2v) is 6.46. The number of nitrogens with zero attached hydrogens (tertiary/aromatic N) is 3. The Morgan fingerprint density at radius 3 is 3.11 bits per heavy atom. The lowest BCUT2D eigenvalue weighted by Crippen LogP contribution is -2.22. The van der Waals surface area contributed by atoms with Crippen molar-refractivity contribution in [2.45, 2.75) is 26.2 Å². The molecule has 2 aromatic rings. The molecule has 0 saturated carbocycles. The summed E-state index contributed by atoms with van der Waals surface area (Å²) in [5, 5.41) is 10.3. The average molecular weight is 277 g/mol. The lowest BCUT2D eigenvalue weighted by Gasteiger charge is -2.21. The van der Waals surface area contributed by atoms with Crippen LogP contribution in [0.3, 0.4) is 0 Å². The summed E-state index contributed by atoms with van der Waals surface area (Å²) in [4.78, 5) is 13.5. The highest BCUT2D eigenvalue weighted by molar-refractivity contribution is 7.19. The fourth-order valence-electron chi connectivity index (χ4n) is 2.80. The molecule has 0 radical (unpaired) electrons. The van der Waals surface area contributed by atoms with Crippen molar-refractivity contribution in [3.05, 3.63) is 16.8 Å². The van der Waals surface area contributed by atoms with Gasteiger partial charge < -0.3 is 10.0 Å².